The van der Waals surface area contributed by atoms with Crippen LogP contribution in [0.1, 0.15) is 36.4 Å². The van der Waals surface area contributed by atoms with Crippen molar-refractivity contribution in [3.05, 3.63) is 17.0 Å². The van der Waals surface area contributed by atoms with Gasteiger partial charge in [0.1, 0.15) is 4.88 Å². The molecule has 0 atom stereocenters. The van der Waals surface area contributed by atoms with E-state index in [0.29, 0.717) is 4.88 Å². The lowest BCUT2D eigenvalue weighted by Crippen LogP contribution is -2.34. The fourth-order valence-electron chi connectivity index (χ4n) is 2.40. The van der Waals surface area contributed by atoms with E-state index in [-0.39, 0.29) is 0 Å². The number of aromatic carboxylic acids is 1. The van der Waals surface area contributed by atoms with Crippen molar-refractivity contribution in [3.63, 3.8) is 0 Å². The molecule has 17 heavy (non-hydrogen) atoms. The van der Waals surface area contributed by atoms with Crippen LogP contribution in [0.25, 0.3) is 0 Å². The second kappa shape index (κ2) is 5.08. The maximum Gasteiger partial charge on any atom is 0.345 e. The summed E-state index contributed by atoms with van der Waals surface area (Å²) in [5, 5.41) is 10.0. The van der Waals surface area contributed by atoms with Gasteiger partial charge in [0.25, 0.3) is 0 Å². The smallest absolute Gasteiger partial charge is 0.345 e. The van der Waals surface area contributed by atoms with Crippen LogP contribution in [0.15, 0.2) is 12.1 Å². The molecule has 1 aromatic heterocycles. The summed E-state index contributed by atoms with van der Waals surface area (Å²) in [5.41, 5.74) is 0. The average molecular weight is 253 g/mol. The molecule has 0 aromatic carbocycles. The Morgan fingerprint density at radius 2 is 2.06 bits per heavy atom. The quantitative estimate of drug-likeness (QED) is 0.898. The Hall–Kier alpha value is -1.03. The van der Waals surface area contributed by atoms with Gasteiger partial charge in [-0.15, -0.1) is 11.3 Å². The van der Waals surface area contributed by atoms with E-state index in [1.807, 2.05) is 6.07 Å². The number of rotatable bonds is 3. The number of hydrogen-bond acceptors (Lipinski definition) is 3. The van der Waals surface area contributed by atoms with Crippen molar-refractivity contribution >= 4 is 22.3 Å². The molecule has 0 spiro atoms. The Labute approximate surface area is 106 Å². The maximum atomic E-state index is 10.8. The molecule has 2 rings (SSSR count). The summed E-state index contributed by atoms with van der Waals surface area (Å²) in [6, 6.07) is 3.64. The largest absolute Gasteiger partial charge is 0.477 e. The monoisotopic (exact) mass is 253 g/mol. The van der Waals surface area contributed by atoms with E-state index >= 15 is 0 Å². The molecule has 0 saturated carbocycles. The topological polar surface area (TPSA) is 40.5 Å². The molecule has 0 amide bonds. The molecule has 1 aliphatic heterocycles. The van der Waals surface area contributed by atoms with Gasteiger partial charge < -0.3 is 10.0 Å². The molecule has 1 aliphatic rings. The predicted octanol–water partition coefficient (Wildman–Crippen LogP) is 3.32. The van der Waals surface area contributed by atoms with E-state index in [1.165, 1.54) is 24.2 Å². The zero-order chi connectivity index (χ0) is 12.4. The van der Waals surface area contributed by atoms with Crippen LogP contribution in [0, 0.1) is 11.8 Å². The van der Waals surface area contributed by atoms with Gasteiger partial charge in [-0.2, -0.15) is 0 Å². The Bertz CT molecular complexity index is 392. The van der Waals surface area contributed by atoms with Crippen molar-refractivity contribution in [3.8, 4) is 0 Å². The van der Waals surface area contributed by atoms with Crippen LogP contribution in [-0.2, 0) is 0 Å². The number of anilines is 1. The van der Waals surface area contributed by atoms with E-state index in [0.717, 1.165) is 29.9 Å². The lowest BCUT2D eigenvalue weighted by atomic mass is 9.87. The molecule has 0 unspecified atom stereocenters. The van der Waals surface area contributed by atoms with E-state index in [1.54, 1.807) is 6.07 Å². The van der Waals surface area contributed by atoms with E-state index < -0.39 is 5.97 Å². The van der Waals surface area contributed by atoms with Crippen molar-refractivity contribution in [2.75, 3.05) is 18.0 Å². The van der Waals surface area contributed by atoms with Crippen LogP contribution in [0.5, 0.6) is 0 Å². The van der Waals surface area contributed by atoms with Crippen LogP contribution in [0.2, 0.25) is 0 Å². The summed E-state index contributed by atoms with van der Waals surface area (Å²) in [6.45, 7) is 6.69. The Balaban J connectivity index is 1.98. The molecule has 1 saturated heterocycles. The number of thiophene rings is 1. The molecule has 0 aliphatic carbocycles. The number of carbonyl (C=O) groups is 1. The molecular weight excluding hydrogens is 234 g/mol. The van der Waals surface area contributed by atoms with Crippen molar-refractivity contribution < 1.29 is 9.90 Å². The highest BCUT2D eigenvalue weighted by Crippen LogP contribution is 2.31. The first-order chi connectivity index (χ1) is 8.08. The standard InChI is InChI=1S/C13H19NO2S/c1-9(2)10-5-7-14(8-6-10)12-4-3-11(17-12)13(15)16/h3-4,9-10H,5-8H2,1-2H3,(H,15,16). The van der Waals surface area contributed by atoms with Crippen LogP contribution >= 0.6 is 11.3 Å². The molecule has 3 nitrogen and oxygen atoms in total. The predicted molar refractivity (Wildman–Crippen MR) is 71.1 cm³/mol. The zero-order valence-electron chi connectivity index (χ0n) is 10.3. The Morgan fingerprint density at radius 1 is 1.41 bits per heavy atom. The van der Waals surface area contributed by atoms with Crippen LogP contribution in [0.3, 0.4) is 0 Å². The van der Waals surface area contributed by atoms with Crippen molar-refractivity contribution in [1.82, 2.24) is 0 Å². The summed E-state index contributed by atoms with van der Waals surface area (Å²) >= 11 is 1.38. The minimum atomic E-state index is -0.821. The minimum Gasteiger partial charge on any atom is -0.477 e. The normalized spacial score (nSPS) is 17.7. The van der Waals surface area contributed by atoms with Gasteiger partial charge in [0.05, 0.1) is 5.00 Å². The fourth-order valence-corrected chi connectivity index (χ4v) is 3.30. The summed E-state index contributed by atoms with van der Waals surface area (Å²) in [7, 11) is 0. The SMILES string of the molecule is CC(C)C1CCN(c2ccc(C(=O)O)s2)CC1. The molecule has 1 fully saturated rings. The summed E-state index contributed by atoms with van der Waals surface area (Å²) < 4.78 is 0. The molecule has 1 N–H and O–H groups in total. The van der Waals surface area contributed by atoms with E-state index in [2.05, 4.69) is 18.7 Å². The van der Waals surface area contributed by atoms with Gasteiger partial charge in [-0.3, -0.25) is 0 Å². The lowest BCUT2D eigenvalue weighted by molar-refractivity contribution is 0.0702. The van der Waals surface area contributed by atoms with Crippen molar-refractivity contribution in [2.45, 2.75) is 26.7 Å². The van der Waals surface area contributed by atoms with Crippen LogP contribution in [-0.4, -0.2) is 24.2 Å². The molecule has 0 radical (unpaired) electrons. The van der Waals surface area contributed by atoms with Gasteiger partial charge in [0.2, 0.25) is 0 Å². The first-order valence-electron chi connectivity index (χ1n) is 6.16. The molecule has 4 heteroatoms. The Morgan fingerprint density at radius 3 is 2.53 bits per heavy atom. The van der Waals surface area contributed by atoms with Crippen LogP contribution < -0.4 is 4.90 Å². The first-order valence-corrected chi connectivity index (χ1v) is 6.97. The highest BCUT2D eigenvalue weighted by Gasteiger charge is 2.22. The average Bonchev–Trinajstić information content (AvgIpc) is 2.78. The third kappa shape index (κ3) is 2.80. The lowest BCUT2D eigenvalue weighted by Gasteiger charge is -2.34. The highest BCUT2D eigenvalue weighted by atomic mass is 32.1. The number of hydrogen-bond donors (Lipinski definition) is 1. The molecule has 1 aromatic rings. The van der Waals surface area contributed by atoms with Gasteiger partial charge >= 0.3 is 5.97 Å². The Kier molecular flexibility index (Phi) is 3.72. The third-order valence-corrected chi connectivity index (χ3v) is 4.73. The number of carboxylic acids is 1. The van der Waals surface area contributed by atoms with Gasteiger partial charge in [0.15, 0.2) is 0 Å². The van der Waals surface area contributed by atoms with E-state index in [9.17, 15) is 4.79 Å². The van der Waals surface area contributed by atoms with E-state index in [4.69, 9.17) is 5.11 Å². The number of nitrogens with zero attached hydrogens (tertiary/aromatic N) is 1. The van der Waals surface area contributed by atoms with Gasteiger partial charge in [-0.25, -0.2) is 4.79 Å². The summed E-state index contributed by atoms with van der Waals surface area (Å²) in [6.07, 6.45) is 2.44. The van der Waals surface area contributed by atoms with Crippen molar-refractivity contribution in [1.29, 1.82) is 0 Å². The third-order valence-electron chi connectivity index (χ3n) is 3.60. The van der Waals surface area contributed by atoms with Crippen molar-refractivity contribution in [2.24, 2.45) is 11.8 Å². The molecule has 94 valence electrons. The number of piperidine rings is 1. The van der Waals surface area contributed by atoms with Gasteiger partial charge in [-0.1, -0.05) is 13.8 Å². The highest BCUT2D eigenvalue weighted by molar-refractivity contribution is 7.17. The first kappa shape index (κ1) is 12.4. The number of carboxylic acid groups (broad SMARTS) is 1. The summed E-state index contributed by atoms with van der Waals surface area (Å²) in [5.74, 6) is 0.763. The minimum absolute atomic E-state index is 0.436. The second-order valence-corrected chi connectivity index (χ2v) is 6.07. The fraction of sp³-hybridized carbons (Fsp3) is 0.615. The zero-order valence-corrected chi connectivity index (χ0v) is 11.2. The maximum absolute atomic E-state index is 10.8. The summed E-state index contributed by atoms with van der Waals surface area (Å²) in [4.78, 5) is 13.6. The second-order valence-electron chi connectivity index (χ2n) is 5.01. The van der Waals surface area contributed by atoms with Gasteiger partial charge in [0, 0.05) is 13.1 Å². The molecule has 0 bridgehead atoms. The van der Waals surface area contributed by atoms with Crippen LogP contribution in [0.4, 0.5) is 5.00 Å². The molecular formula is C13H19NO2S. The van der Waals surface area contributed by atoms with Gasteiger partial charge in [-0.05, 0) is 36.8 Å². The molecule has 2 heterocycles.